The van der Waals surface area contributed by atoms with Crippen LogP contribution in [0.15, 0.2) is 24.3 Å². The van der Waals surface area contributed by atoms with Gasteiger partial charge >= 0.3 is 0 Å². The maximum absolute atomic E-state index is 13.0. The molecular weight excluding hydrogens is 324 g/mol. The van der Waals surface area contributed by atoms with Gasteiger partial charge in [-0.05, 0) is 74.0 Å². The Bertz CT molecular complexity index is 720. The van der Waals surface area contributed by atoms with Gasteiger partial charge in [-0.25, -0.2) is 13.6 Å². The lowest BCUT2D eigenvalue weighted by atomic mass is 9.49. The van der Waals surface area contributed by atoms with E-state index in [1.165, 1.54) is 19.3 Å². The third-order valence-electron chi connectivity index (χ3n) is 6.10. The number of benzene rings is 1. The summed E-state index contributed by atoms with van der Waals surface area (Å²) in [7, 11) is -3.53. The van der Waals surface area contributed by atoms with Crippen LogP contribution in [-0.2, 0) is 20.6 Å². The molecule has 1 aromatic rings. The van der Waals surface area contributed by atoms with E-state index in [-0.39, 0.29) is 17.1 Å². The molecule has 0 atom stereocenters. The molecule has 0 unspecified atom stereocenters. The summed E-state index contributed by atoms with van der Waals surface area (Å²) in [6.07, 6.45) is 7.05. The first-order valence-corrected chi connectivity index (χ1v) is 10.4. The number of hydrogen-bond donors (Lipinski definition) is 2. The molecule has 0 aliphatic heterocycles. The van der Waals surface area contributed by atoms with Crippen LogP contribution in [0, 0.1) is 23.2 Å². The van der Waals surface area contributed by atoms with Crippen LogP contribution in [0.2, 0.25) is 0 Å². The third kappa shape index (κ3) is 3.09. The number of anilines is 1. The molecule has 1 aromatic carbocycles. The molecule has 0 saturated heterocycles. The fraction of sp³-hybridized carbons (Fsp3) is 0.611. The van der Waals surface area contributed by atoms with Gasteiger partial charge in [0.05, 0.1) is 11.2 Å². The van der Waals surface area contributed by atoms with E-state index >= 15 is 0 Å². The lowest BCUT2D eigenvalue weighted by Crippen LogP contribution is -2.51. The average molecular weight is 348 g/mol. The summed E-state index contributed by atoms with van der Waals surface area (Å²) in [6, 6.07) is 6.94. The van der Waals surface area contributed by atoms with Gasteiger partial charge in [0.25, 0.3) is 0 Å². The van der Waals surface area contributed by atoms with Crippen molar-refractivity contribution < 1.29 is 13.2 Å². The second-order valence-electron chi connectivity index (χ2n) is 8.16. The summed E-state index contributed by atoms with van der Waals surface area (Å²) >= 11 is 0. The smallest absolute Gasteiger partial charge is 0.230 e. The van der Waals surface area contributed by atoms with E-state index in [2.05, 4.69) is 5.32 Å². The highest BCUT2D eigenvalue weighted by atomic mass is 32.2. The van der Waals surface area contributed by atoms with Crippen LogP contribution >= 0.6 is 0 Å². The monoisotopic (exact) mass is 348 g/mol. The molecule has 4 aliphatic carbocycles. The van der Waals surface area contributed by atoms with Gasteiger partial charge in [0.15, 0.2) is 0 Å². The van der Waals surface area contributed by atoms with Crippen molar-refractivity contribution >= 4 is 21.6 Å². The van der Waals surface area contributed by atoms with Crippen LogP contribution in [-0.4, -0.2) is 14.3 Å². The molecule has 130 valence electrons. The summed E-state index contributed by atoms with van der Waals surface area (Å²) in [5, 5.41) is 8.13. The zero-order chi connectivity index (χ0) is 16.9. The van der Waals surface area contributed by atoms with Crippen LogP contribution in [0.3, 0.4) is 0 Å². The number of primary sulfonamides is 1. The molecule has 0 radical (unpaired) electrons. The topological polar surface area (TPSA) is 89.3 Å². The van der Waals surface area contributed by atoms with Crippen molar-refractivity contribution in [1.82, 2.24) is 0 Å². The molecule has 4 saturated carbocycles. The molecule has 1 amide bonds. The van der Waals surface area contributed by atoms with Gasteiger partial charge in [-0.2, -0.15) is 0 Å². The Morgan fingerprint density at radius 3 is 2.00 bits per heavy atom. The Kier molecular flexibility index (Phi) is 3.73. The molecule has 24 heavy (non-hydrogen) atoms. The molecular formula is C18H24N2O3S. The minimum atomic E-state index is -3.53. The SMILES string of the molecule is NS(=O)(=O)Cc1ccc(NC(=O)C23CC4CC(CC(C4)C2)C3)cc1. The van der Waals surface area contributed by atoms with Crippen LogP contribution < -0.4 is 10.5 Å². The van der Waals surface area contributed by atoms with Gasteiger partial charge in [0.1, 0.15) is 0 Å². The second-order valence-corrected chi connectivity index (χ2v) is 9.77. The zero-order valence-corrected chi connectivity index (χ0v) is 14.5. The Labute approximate surface area is 143 Å². The number of nitrogens with two attached hydrogens (primary N) is 1. The number of amides is 1. The first-order valence-electron chi connectivity index (χ1n) is 8.72. The molecule has 4 bridgehead atoms. The Balaban J connectivity index is 1.46. The highest BCUT2D eigenvalue weighted by Crippen LogP contribution is 2.60. The van der Waals surface area contributed by atoms with Crippen molar-refractivity contribution in [2.24, 2.45) is 28.3 Å². The summed E-state index contributed by atoms with van der Waals surface area (Å²) in [6.45, 7) is 0. The molecule has 0 spiro atoms. The van der Waals surface area contributed by atoms with Crippen molar-refractivity contribution in [1.29, 1.82) is 0 Å². The summed E-state index contributed by atoms with van der Waals surface area (Å²) < 4.78 is 22.3. The quantitative estimate of drug-likeness (QED) is 0.876. The lowest BCUT2D eigenvalue weighted by Gasteiger charge is -2.55. The highest BCUT2D eigenvalue weighted by Gasteiger charge is 2.54. The van der Waals surface area contributed by atoms with Crippen LogP contribution in [0.25, 0.3) is 0 Å². The van der Waals surface area contributed by atoms with Crippen molar-refractivity contribution in [2.75, 3.05) is 5.32 Å². The van der Waals surface area contributed by atoms with Crippen LogP contribution in [0.4, 0.5) is 5.69 Å². The van der Waals surface area contributed by atoms with E-state index in [0.29, 0.717) is 5.56 Å². The van der Waals surface area contributed by atoms with E-state index in [1.807, 2.05) is 0 Å². The van der Waals surface area contributed by atoms with Crippen molar-refractivity contribution in [3.63, 3.8) is 0 Å². The van der Waals surface area contributed by atoms with E-state index in [0.717, 1.165) is 42.7 Å². The predicted molar refractivity (Wildman–Crippen MR) is 92.5 cm³/mol. The number of carbonyl (C=O) groups is 1. The Morgan fingerprint density at radius 2 is 1.54 bits per heavy atom. The molecule has 5 rings (SSSR count). The van der Waals surface area contributed by atoms with Gasteiger partial charge in [-0.3, -0.25) is 4.79 Å². The standard InChI is InChI=1S/C18H24N2O3S/c19-24(22,23)11-12-1-3-16(4-2-12)20-17(21)18-8-13-5-14(9-18)7-15(6-13)10-18/h1-4,13-15H,5-11H2,(H,20,21)(H2,19,22,23). The van der Waals surface area contributed by atoms with Gasteiger partial charge < -0.3 is 5.32 Å². The first kappa shape index (κ1) is 16.1. The zero-order valence-electron chi connectivity index (χ0n) is 13.7. The van der Waals surface area contributed by atoms with Crippen LogP contribution in [0.1, 0.15) is 44.1 Å². The Morgan fingerprint density at radius 1 is 1.04 bits per heavy atom. The molecule has 5 nitrogen and oxygen atoms in total. The van der Waals surface area contributed by atoms with Gasteiger partial charge in [0, 0.05) is 5.69 Å². The van der Waals surface area contributed by atoms with Crippen molar-refractivity contribution in [3.05, 3.63) is 29.8 Å². The predicted octanol–water partition coefficient (Wildman–Crippen LogP) is 2.63. The number of carbonyl (C=O) groups excluding carboxylic acids is 1. The number of hydrogen-bond acceptors (Lipinski definition) is 3. The fourth-order valence-electron chi connectivity index (χ4n) is 5.57. The summed E-state index contributed by atoms with van der Waals surface area (Å²) in [4.78, 5) is 13.0. The molecule has 0 heterocycles. The number of rotatable bonds is 4. The molecule has 3 N–H and O–H groups in total. The van der Waals surface area contributed by atoms with Crippen molar-refractivity contribution in [2.45, 2.75) is 44.3 Å². The van der Waals surface area contributed by atoms with Gasteiger partial charge in [0.2, 0.25) is 15.9 Å². The molecule has 4 fully saturated rings. The van der Waals surface area contributed by atoms with Crippen LogP contribution in [0.5, 0.6) is 0 Å². The summed E-state index contributed by atoms with van der Waals surface area (Å²) in [5.74, 6) is 2.18. The van der Waals surface area contributed by atoms with E-state index in [1.54, 1.807) is 24.3 Å². The van der Waals surface area contributed by atoms with Crippen molar-refractivity contribution in [3.8, 4) is 0 Å². The fourth-order valence-corrected chi connectivity index (χ4v) is 6.23. The minimum absolute atomic E-state index is 0.154. The molecule has 6 heteroatoms. The second kappa shape index (κ2) is 5.56. The minimum Gasteiger partial charge on any atom is -0.326 e. The normalized spacial score (nSPS) is 34.3. The van der Waals surface area contributed by atoms with E-state index < -0.39 is 10.0 Å². The van der Waals surface area contributed by atoms with Gasteiger partial charge in [-0.15, -0.1) is 0 Å². The highest BCUT2D eigenvalue weighted by molar-refractivity contribution is 7.88. The maximum atomic E-state index is 13.0. The maximum Gasteiger partial charge on any atom is 0.230 e. The molecule has 4 aliphatic rings. The average Bonchev–Trinajstić information content (AvgIpc) is 2.46. The Hall–Kier alpha value is -1.40. The summed E-state index contributed by atoms with van der Waals surface area (Å²) in [5.41, 5.74) is 1.19. The molecule has 0 aromatic heterocycles. The van der Waals surface area contributed by atoms with E-state index in [9.17, 15) is 13.2 Å². The number of nitrogens with one attached hydrogen (secondary N) is 1. The van der Waals surface area contributed by atoms with Gasteiger partial charge in [-0.1, -0.05) is 12.1 Å². The lowest BCUT2D eigenvalue weighted by molar-refractivity contribution is -0.140. The number of sulfonamides is 1. The third-order valence-corrected chi connectivity index (χ3v) is 6.84. The van der Waals surface area contributed by atoms with E-state index in [4.69, 9.17) is 5.14 Å². The largest absolute Gasteiger partial charge is 0.326 e. The first-order chi connectivity index (χ1) is 11.3.